The van der Waals surface area contributed by atoms with Crippen molar-refractivity contribution < 1.29 is 17.9 Å². The van der Waals surface area contributed by atoms with Crippen molar-refractivity contribution in [2.75, 3.05) is 13.7 Å². The molecule has 1 aromatic carbocycles. The molecular weight excluding hydrogens is 348 g/mol. The van der Waals surface area contributed by atoms with Crippen LogP contribution in [-0.4, -0.2) is 50.3 Å². The molecule has 1 unspecified atom stereocenters. The summed E-state index contributed by atoms with van der Waals surface area (Å²) in [7, 11) is -2.77. The maximum absolute atomic E-state index is 13.0. The second-order valence-electron chi connectivity index (χ2n) is 5.27. The topological polar surface area (TPSA) is 166 Å². The molecule has 0 saturated carbocycles. The maximum Gasteiger partial charge on any atom is 0.324 e. The predicted molar refractivity (Wildman–Crippen MR) is 92.5 cm³/mol. The summed E-state index contributed by atoms with van der Waals surface area (Å²) in [6.45, 7) is 0.212. The van der Waals surface area contributed by atoms with E-state index in [2.05, 4.69) is 9.98 Å². The van der Waals surface area contributed by atoms with Gasteiger partial charge in [-0.3, -0.25) is 4.79 Å². The third kappa shape index (κ3) is 4.06. The lowest BCUT2D eigenvalue weighted by Crippen LogP contribution is -2.41. The van der Waals surface area contributed by atoms with Crippen molar-refractivity contribution >= 4 is 33.6 Å². The van der Waals surface area contributed by atoms with Crippen LogP contribution in [0.15, 0.2) is 39.1 Å². The number of hydrogen-bond acceptors (Lipinski definition) is 5. The Balaban J connectivity index is 2.47. The van der Waals surface area contributed by atoms with Crippen molar-refractivity contribution in [3.05, 3.63) is 24.3 Å². The Morgan fingerprint density at radius 3 is 2.60 bits per heavy atom. The molecule has 0 aliphatic carbocycles. The van der Waals surface area contributed by atoms with E-state index in [1.807, 2.05) is 0 Å². The molecule has 0 aromatic heterocycles. The van der Waals surface area contributed by atoms with Gasteiger partial charge >= 0.3 is 5.97 Å². The minimum atomic E-state index is -3.99. The van der Waals surface area contributed by atoms with Crippen LogP contribution in [0.4, 0.5) is 5.69 Å². The molecule has 11 heteroatoms. The maximum atomic E-state index is 13.0. The molecule has 136 valence electrons. The molecule has 1 aromatic rings. The van der Waals surface area contributed by atoms with E-state index >= 15 is 0 Å². The molecule has 1 heterocycles. The van der Waals surface area contributed by atoms with Gasteiger partial charge in [-0.2, -0.15) is 9.30 Å². The molecule has 0 bridgehead atoms. The predicted octanol–water partition coefficient (Wildman–Crippen LogP) is -0.768. The van der Waals surface area contributed by atoms with Gasteiger partial charge in [-0.1, -0.05) is 12.1 Å². The summed E-state index contributed by atoms with van der Waals surface area (Å²) < 4.78 is 31.8. The lowest BCUT2D eigenvalue weighted by molar-refractivity contribution is -0.144. The standard InChI is InChI=1S/C14H20N6O4S/c1-24-12(21)10-6-4-8-20(10)25(22,23)11-7-3-2-5-9(11)18-14(17)19-13(15)16/h2-3,5,7,10H,4,6,8H2,1H3,(H6,15,16,17,18,19). The Labute approximate surface area is 145 Å². The molecule has 0 spiro atoms. The number of aliphatic imine (C=N–C) groups is 2. The Morgan fingerprint density at radius 1 is 1.28 bits per heavy atom. The second kappa shape index (κ2) is 7.49. The van der Waals surface area contributed by atoms with Gasteiger partial charge in [0, 0.05) is 6.54 Å². The quantitative estimate of drug-likeness (QED) is 0.356. The highest BCUT2D eigenvalue weighted by Crippen LogP contribution is 2.32. The van der Waals surface area contributed by atoms with E-state index in [-0.39, 0.29) is 29.0 Å². The van der Waals surface area contributed by atoms with Crippen molar-refractivity contribution in [1.29, 1.82) is 0 Å². The van der Waals surface area contributed by atoms with Crippen LogP contribution in [-0.2, 0) is 19.6 Å². The number of benzene rings is 1. The molecule has 1 aliphatic heterocycles. The van der Waals surface area contributed by atoms with Gasteiger partial charge in [0.2, 0.25) is 16.0 Å². The largest absolute Gasteiger partial charge is 0.468 e. The van der Waals surface area contributed by atoms with Crippen LogP contribution in [0, 0.1) is 0 Å². The van der Waals surface area contributed by atoms with Gasteiger partial charge in [0.15, 0.2) is 5.96 Å². The van der Waals surface area contributed by atoms with Gasteiger partial charge in [-0.25, -0.2) is 13.4 Å². The zero-order valence-electron chi connectivity index (χ0n) is 13.6. The number of nitrogens with zero attached hydrogens (tertiary/aromatic N) is 3. The fraction of sp³-hybridized carbons (Fsp3) is 0.357. The monoisotopic (exact) mass is 368 g/mol. The number of methoxy groups -OCH3 is 1. The minimum absolute atomic E-state index is 0.0699. The van der Waals surface area contributed by atoms with E-state index in [0.29, 0.717) is 12.8 Å². The van der Waals surface area contributed by atoms with Gasteiger partial charge in [-0.15, -0.1) is 0 Å². The Morgan fingerprint density at radius 2 is 1.96 bits per heavy atom. The summed E-state index contributed by atoms with van der Waals surface area (Å²) in [5.74, 6) is -1.18. The van der Waals surface area contributed by atoms with Crippen LogP contribution < -0.4 is 17.2 Å². The van der Waals surface area contributed by atoms with Crippen LogP contribution in [0.25, 0.3) is 0 Å². The summed E-state index contributed by atoms with van der Waals surface area (Å²) >= 11 is 0. The molecule has 10 nitrogen and oxygen atoms in total. The minimum Gasteiger partial charge on any atom is -0.468 e. The highest BCUT2D eigenvalue weighted by molar-refractivity contribution is 7.89. The van der Waals surface area contributed by atoms with Crippen molar-refractivity contribution in [1.82, 2.24) is 4.31 Å². The molecule has 0 amide bonds. The fourth-order valence-electron chi connectivity index (χ4n) is 2.57. The third-order valence-corrected chi connectivity index (χ3v) is 5.56. The van der Waals surface area contributed by atoms with Gasteiger partial charge in [-0.05, 0) is 25.0 Å². The number of carbonyl (C=O) groups excluding carboxylic acids is 1. The zero-order valence-corrected chi connectivity index (χ0v) is 14.4. The average molecular weight is 368 g/mol. The normalized spacial score (nSPS) is 18.8. The highest BCUT2D eigenvalue weighted by atomic mass is 32.2. The first kappa shape index (κ1) is 18.7. The Hall–Kier alpha value is -2.66. The Bertz CT molecular complexity index is 816. The second-order valence-corrected chi connectivity index (χ2v) is 7.13. The number of esters is 1. The van der Waals surface area contributed by atoms with E-state index in [0.717, 1.165) is 4.31 Å². The van der Waals surface area contributed by atoms with Crippen LogP contribution in [0.1, 0.15) is 12.8 Å². The third-order valence-electron chi connectivity index (χ3n) is 3.61. The SMILES string of the molecule is COC(=O)C1CCCN1S(=O)(=O)c1ccccc1N=C(N)N=C(N)N. The van der Waals surface area contributed by atoms with Gasteiger partial charge < -0.3 is 21.9 Å². The van der Waals surface area contributed by atoms with E-state index in [1.165, 1.54) is 19.2 Å². The van der Waals surface area contributed by atoms with Crippen LogP contribution in [0.2, 0.25) is 0 Å². The zero-order chi connectivity index (χ0) is 18.6. The first-order valence-corrected chi connectivity index (χ1v) is 8.84. The summed E-state index contributed by atoms with van der Waals surface area (Å²) in [5, 5.41) is 0. The van der Waals surface area contributed by atoms with Crippen molar-refractivity contribution in [2.24, 2.45) is 27.2 Å². The molecule has 1 saturated heterocycles. The van der Waals surface area contributed by atoms with Crippen LogP contribution in [0.5, 0.6) is 0 Å². The fourth-order valence-corrected chi connectivity index (χ4v) is 4.35. The molecular formula is C14H20N6O4S. The average Bonchev–Trinajstić information content (AvgIpc) is 3.04. The van der Waals surface area contributed by atoms with Gasteiger partial charge in [0.1, 0.15) is 10.9 Å². The molecule has 1 atom stereocenters. The molecule has 25 heavy (non-hydrogen) atoms. The number of carbonyl (C=O) groups is 1. The van der Waals surface area contributed by atoms with E-state index in [1.54, 1.807) is 12.1 Å². The summed E-state index contributed by atoms with van der Waals surface area (Å²) in [6.07, 6.45) is 0.952. The number of sulfonamides is 1. The highest BCUT2D eigenvalue weighted by Gasteiger charge is 2.40. The van der Waals surface area contributed by atoms with Crippen molar-refractivity contribution in [3.8, 4) is 0 Å². The smallest absolute Gasteiger partial charge is 0.324 e. The number of rotatable bonds is 4. The first-order chi connectivity index (χ1) is 11.8. The number of nitrogens with two attached hydrogens (primary N) is 3. The molecule has 1 fully saturated rings. The van der Waals surface area contributed by atoms with Gasteiger partial charge in [0.05, 0.1) is 12.8 Å². The molecule has 2 rings (SSSR count). The summed E-state index contributed by atoms with van der Waals surface area (Å²) in [6, 6.07) is 5.13. The first-order valence-electron chi connectivity index (χ1n) is 7.40. The van der Waals surface area contributed by atoms with E-state index in [9.17, 15) is 13.2 Å². The van der Waals surface area contributed by atoms with Crippen LogP contribution in [0.3, 0.4) is 0 Å². The van der Waals surface area contributed by atoms with Crippen molar-refractivity contribution in [2.45, 2.75) is 23.8 Å². The lowest BCUT2D eigenvalue weighted by atomic mass is 10.2. The number of guanidine groups is 2. The van der Waals surface area contributed by atoms with Gasteiger partial charge in [0.25, 0.3) is 0 Å². The molecule has 1 aliphatic rings. The van der Waals surface area contributed by atoms with E-state index in [4.69, 9.17) is 21.9 Å². The number of para-hydroxylation sites is 1. The molecule has 0 radical (unpaired) electrons. The summed E-state index contributed by atoms with van der Waals surface area (Å²) in [5.41, 5.74) is 16.1. The molecule has 6 N–H and O–H groups in total. The van der Waals surface area contributed by atoms with Crippen LogP contribution >= 0.6 is 0 Å². The number of hydrogen-bond donors (Lipinski definition) is 3. The number of ether oxygens (including phenoxy) is 1. The van der Waals surface area contributed by atoms with E-state index < -0.39 is 22.0 Å². The summed E-state index contributed by atoms with van der Waals surface area (Å²) in [4.78, 5) is 19.3. The Kier molecular flexibility index (Phi) is 5.59. The lowest BCUT2D eigenvalue weighted by Gasteiger charge is -2.22. The van der Waals surface area contributed by atoms with Crippen molar-refractivity contribution in [3.63, 3.8) is 0 Å².